The van der Waals surface area contributed by atoms with Gasteiger partial charge in [0.15, 0.2) is 5.82 Å². The van der Waals surface area contributed by atoms with Gasteiger partial charge in [0.25, 0.3) is 0 Å². The Balaban J connectivity index is 2.12. The molecule has 2 heterocycles. The molecule has 3 rings (SSSR count). The van der Waals surface area contributed by atoms with Gasteiger partial charge in [0, 0.05) is 35.9 Å². The standard InChI is InChI=1S/C15H12N4/c1-11-5-12(14-8-16-10-17-9-14)7-13(6-11)15-18-3-2-4-19-15/h2-10H,1H3. The van der Waals surface area contributed by atoms with Crippen molar-refractivity contribution >= 4 is 0 Å². The van der Waals surface area contributed by atoms with Gasteiger partial charge >= 0.3 is 0 Å². The fraction of sp³-hybridized carbons (Fsp3) is 0.0667. The molecule has 0 amide bonds. The van der Waals surface area contributed by atoms with Gasteiger partial charge in [0.05, 0.1) is 0 Å². The lowest BCUT2D eigenvalue weighted by Gasteiger charge is -2.06. The van der Waals surface area contributed by atoms with Crippen LogP contribution in [0.25, 0.3) is 22.5 Å². The van der Waals surface area contributed by atoms with E-state index in [0.717, 1.165) is 28.1 Å². The van der Waals surface area contributed by atoms with Crippen molar-refractivity contribution in [1.82, 2.24) is 19.9 Å². The highest BCUT2D eigenvalue weighted by molar-refractivity contribution is 5.70. The molecule has 0 saturated heterocycles. The van der Waals surface area contributed by atoms with E-state index in [1.165, 1.54) is 6.33 Å². The maximum absolute atomic E-state index is 4.28. The molecule has 0 N–H and O–H groups in total. The van der Waals surface area contributed by atoms with Crippen molar-refractivity contribution in [3.63, 3.8) is 0 Å². The van der Waals surface area contributed by atoms with Crippen LogP contribution in [-0.2, 0) is 0 Å². The van der Waals surface area contributed by atoms with Crippen LogP contribution in [0.1, 0.15) is 5.56 Å². The van der Waals surface area contributed by atoms with Crippen LogP contribution in [0.15, 0.2) is 55.4 Å². The SMILES string of the molecule is Cc1cc(-c2cncnc2)cc(-c2ncccn2)c1. The van der Waals surface area contributed by atoms with Crippen LogP contribution >= 0.6 is 0 Å². The first kappa shape index (κ1) is 11.5. The number of aromatic nitrogens is 4. The normalized spacial score (nSPS) is 10.4. The van der Waals surface area contributed by atoms with Gasteiger partial charge in [0.1, 0.15) is 6.33 Å². The molecule has 0 aliphatic heterocycles. The van der Waals surface area contributed by atoms with Crippen LogP contribution in [0.2, 0.25) is 0 Å². The number of hydrogen-bond donors (Lipinski definition) is 0. The number of rotatable bonds is 2. The topological polar surface area (TPSA) is 51.6 Å². The summed E-state index contributed by atoms with van der Waals surface area (Å²) in [5.74, 6) is 0.726. The van der Waals surface area contributed by atoms with E-state index in [9.17, 15) is 0 Å². The monoisotopic (exact) mass is 248 g/mol. The lowest BCUT2D eigenvalue weighted by atomic mass is 10.0. The van der Waals surface area contributed by atoms with Crippen molar-refractivity contribution < 1.29 is 0 Å². The second-order valence-electron chi connectivity index (χ2n) is 4.29. The van der Waals surface area contributed by atoms with E-state index < -0.39 is 0 Å². The molecule has 2 aromatic heterocycles. The summed E-state index contributed by atoms with van der Waals surface area (Å²) in [5, 5.41) is 0. The average Bonchev–Trinajstić information content (AvgIpc) is 2.48. The summed E-state index contributed by atoms with van der Waals surface area (Å²) < 4.78 is 0. The van der Waals surface area contributed by atoms with Gasteiger partial charge in [-0.3, -0.25) is 0 Å². The third-order valence-corrected chi connectivity index (χ3v) is 2.80. The highest BCUT2D eigenvalue weighted by Gasteiger charge is 2.05. The van der Waals surface area contributed by atoms with Crippen molar-refractivity contribution in [2.45, 2.75) is 6.92 Å². The highest BCUT2D eigenvalue weighted by Crippen LogP contribution is 2.25. The van der Waals surface area contributed by atoms with E-state index in [0.29, 0.717) is 0 Å². The summed E-state index contributed by atoms with van der Waals surface area (Å²) in [6.07, 6.45) is 8.63. The lowest BCUT2D eigenvalue weighted by Crippen LogP contribution is -1.90. The fourth-order valence-corrected chi connectivity index (χ4v) is 1.98. The van der Waals surface area contributed by atoms with E-state index in [1.807, 2.05) is 6.07 Å². The second-order valence-corrected chi connectivity index (χ2v) is 4.29. The van der Waals surface area contributed by atoms with Crippen LogP contribution < -0.4 is 0 Å². The van der Waals surface area contributed by atoms with Gasteiger partial charge in [-0.1, -0.05) is 6.07 Å². The van der Waals surface area contributed by atoms with Crippen LogP contribution in [-0.4, -0.2) is 19.9 Å². The quantitative estimate of drug-likeness (QED) is 0.699. The van der Waals surface area contributed by atoms with Crippen molar-refractivity contribution in [2.75, 3.05) is 0 Å². The number of hydrogen-bond acceptors (Lipinski definition) is 4. The molecule has 0 radical (unpaired) electrons. The van der Waals surface area contributed by atoms with Gasteiger partial charge in [0.2, 0.25) is 0 Å². The molecule has 0 aliphatic carbocycles. The minimum absolute atomic E-state index is 0.726. The van der Waals surface area contributed by atoms with E-state index in [1.54, 1.807) is 24.8 Å². The maximum atomic E-state index is 4.28. The van der Waals surface area contributed by atoms with Crippen molar-refractivity contribution in [3.05, 3.63) is 60.9 Å². The third-order valence-electron chi connectivity index (χ3n) is 2.80. The molecule has 19 heavy (non-hydrogen) atoms. The van der Waals surface area contributed by atoms with Crippen LogP contribution in [0.5, 0.6) is 0 Å². The molecule has 0 atom stereocenters. The molecule has 0 saturated carbocycles. The predicted molar refractivity (Wildman–Crippen MR) is 73.2 cm³/mol. The fourth-order valence-electron chi connectivity index (χ4n) is 1.98. The zero-order valence-electron chi connectivity index (χ0n) is 10.5. The Morgan fingerprint density at radius 2 is 1.47 bits per heavy atom. The summed E-state index contributed by atoms with van der Waals surface area (Å²) in [5.41, 5.74) is 4.22. The van der Waals surface area contributed by atoms with Crippen molar-refractivity contribution in [1.29, 1.82) is 0 Å². The van der Waals surface area contributed by atoms with E-state index in [-0.39, 0.29) is 0 Å². The first-order valence-electron chi connectivity index (χ1n) is 5.97. The van der Waals surface area contributed by atoms with Crippen molar-refractivity contribution in [3.8, 4) is 22.5 Å². The molecule has 3 aromatic rings. The molecule has 4 heteroatoms. The number of nitrogens with zero attached hydrogens (tertiary/aromatic N) is 4. The summed E-state index contributed by atoms with van der Waals surface area (Å²) in [6, 6.07) is 8.04. The minimum atomic E-state index is 0.726. The Kier molecular flexibility index (Phi) is 2.98. The van der Waals surface area contributed by atoms with Crippen LogP contribution in [0, 0.1) is 6.92 Å². The summed E-state index contributed by atoms with van der Waals surface area (Å²) in [7, 11) is 0. The number of aryl methyl sites for hydroxylation is 1. The van der Waals surface area contributed by atoms with E-state index in [2.05, 4.69) is 45.1 Å². The minimum Gasteiger partial charge on any atom is -0.244 e. The number of benzene rings is 1. The highest BCUT2D eigenvalue weighted by atomic mass is 14.8. The predicted octanol–water partition coefficient (Wildman–Crippen LogP) is 2.91. The second kappa shape index (κ2) is 4.94. The smallest absolute Gasteiger partial charge is 0.159 e. The molecular weight excluding hydrogens is 236 g/mol. The molecule has 1 aromatic carbocycles. The largest absolute Gasteiger partial charge is 0.244 e. The molecule has 4 nitrogen and oxygen atoms in total. The summed E-state index contributed by atoms with van der Waals surface area (Å²) in [6.45, 7) is 2.06. The molecule has 0 fully saturated rings. The Hall–Kier alpha value is -2.62. The third kappa shape index (κ3) is 2.47. The zero-order valence-corrected chi connectivity index (χ0v) is 10.5. The van der Waals surface area contributed by atoms with Gasteiger partial charge < -0.3 is 0 Å². The van der Waals surface area contributed by atoms with Gasteiger partial charge in [-0.2, -0.15) is 0 Å². The van der Waals surface area contributed by atoms with Crippen LogP contribution in [0.3, 0.4) is 0 Å². The van der Waals surface area contributed by atoms with Crippen molar-refractivity contribution in [2.24, 2.45) is 0 Å². The average molecular weight is 248 g/mol. The molecule has 92 valence electrons. The molecule has 0 unspecified atom stereocenters. The molecule has 0 bridgehead atoms. The Bertz CT molecular complexity index is 623. The Morgan fingerprint density at radius 1 is 0.789 bits per heavy atom. The van der Waals surface area contributed by atoms with Gasteiger partial charge in [-0.15, -0.1) is 0 Å². The van der Waals surface area contributed by atoms with Crippen LogP contribution in [0.4, 0.5) is 0 Å². The van der Waals surface area contributed by atoms with E-state index >= 15 is 0 Å². The summed E-state index contributed by atoms with van der Waals surface area (Å²) in [4.78, 5) is 16.7. The molecular formula is C15H12N4. The molecule has 0 spiro atoms. The zero-order chi connectivity index (χ0) is 13.1. The summed E-state index contributed by atoms with van der Waals surface area (Å²) >= 11 is 0. The maximum Gasteiger partial charge on any atom is 0.159 e. The Labute approximate surface area is 111 Å². The molecule has 0 aliphatic rings. The van der Waals surface area contributed by atoms with Gasteiger partial charge in [-0.25, -0.2) is 19.9 Å². The first-order chi connectivity index (χ1) is 9.33. The van der Waals surface area contributed by atoms with E-state index in [4.69, 9.17) is 0 Å². The Morgan fingerprint density at radius 3 is 2.21 bits per heavy atom. The van der Waals surface area contributed by atoms with Gasteiger partial charge in [-0.05, 0) is 36.2 Å². The lowest BCUT2D eigenvalue weighted by molar-refractivity contribution is 1.16. The first-order valence-corrected chi connectivity index (χ1v) is 5.97.